The van der Waals surface area contributed by atoms with Crippen molar-refractivity contribution in [1.29, 1.82) is 0 Å². The fourth-order valence-electron chi connectivity index (χ4n) is 3.74. The first kappa shape index (κ1) is 21.0. The van der Waals surface area contributed by atoms with Crippen LogP contribution in [0.5, 0.6) is 5.75 Å². The van der Waals surface area contributed by atoms with Crippen LogP contribution in [-0.2, 0) is 11.2 Å². The van der Waals surface area contributed by atoms with Crippen molar-refractivity contribution in [2.75, 3.05) is 20.2 Å². The Balaban J connectivity index is 1.50. The van der Waals surface area contributed by atoms with Gasteiger partial charge in [0.05, 0.1) is 19.0 Å². The lowest BCUT2D eigenvalue weighted by atomic mass is 9.94. The van der Waals surface area contributed by atoms with Gasteiger partial charge in [0.2, 0.25) is 0 Å². The monoisotopic (exact) mass is 424 g/mol. The van der Waals surface area contributed by atoms with E-state index in [0.29, 0.717) is 24.1 Å². The van der Waals surface area contributed by atoms with E-state index < -0.39 is 5.60 Å². The number of hydrogen-bond acceptors (Lipinski definition) is 7. The Morgan fingerprint density at radius 2 is 2.00 bits per heavy atom. The van der Waals surface area contributed by atoms with Gasteiger partial charge in [0.15, 0.2) is 11.2 Å². The molecule has 3 heterocycles. The number of nitrogens with zero attached hydrogens (tertiary/aromatic N) is 6. The first-order valence-electron chi connectivity index (χ1n) is 10.5. The zero-order valence-corrected chi connectivity index (χ0v) is 18.4. The standard InChI is InChI=1S/C22H28N6O3/c1-22(2,3)31-21(29)27-11-5-6-15(14-27)12-19-23-13-18-20(24-19)28(26-25-18)16-7-9-17(30-4)10-8-16/h7-10,13,15H,5-6,11-12,14H2,1-4H3/t15-/m0/s1. The molecule has 164 valence electrons. The fraction of sp³-hybridized carbons (Fsp3) is 0.500. The Hall–Kier alpha value is -3.23. The molecule has 0 N–H and O–H groups in total. The predicted octanol–water partition coefficient (Wildman–Crippen LogP) is 3.41. The van der Waals surface area contributed by atoms with Crippen molar-refractivity contribution in [2.45, 2.75) is 45.6 Å². The normalized spacial score (nSPS) is 17.0. The molecule has 1 aliphatic rings. The lowest BCUT2D eigenvalue weighted by molar-refractivity contribution is 0.0165. The Bertz CT molecular complexity index is 1060. The summed E-state index contributed by atoms with van der Waals surface area (Å²) in [5.41, 5.74) is 1.65. The van der Waals surface area contributed by atoms with Crippen LogP contribution in [0.3, 0.4) is 0 Å². The first-order valence-corrected chi connectivity index (χ1v) is 10.5. The fourth-order valence-corrected chi connectivity index (χ4v) is 3.74. The quantitative estimate of drug-likeness (QED) is 0.633. The molecule has 4 rings (SSSR count). The van der Waals surface area contributed by atoms with Crippen LogP contribution in [0.25, 0.3) is 16.9 Å². The van der Waals surface area contributed by atoms with E-state index >= 15 is 0 Å². The van der Waals surface area contributed by atoms with E-state index in [9.17, 15) is 4.79 Å². The minimum absolute atomic E-state index is 0.254. The maximum atomic E-state index is 12.4. The summed E-state index contributed by atoms with van der Waals surface area (Å²) in [4.78, 5) is 23.5. The van der Waals surface area contributed by atoms with Gasteiger partial charge in [-0.15, -0.1) is 5.10 Å². The summed E-state index contributed by atoms with van der Waals surface area (Å²) >= 11 is 0. The zero-order chi connectivity index (χ0) is 22.0. The summed E-state index contributed by atoms with van der Waals surface area (Å²) in [6.45, 7) is 7.02. The number of methoxy groups -OCH3 is 1. The van der Waals surface area contributed by atoms with E-state index in [2.05, 4.69) is 15.3 Å². The van der Waals surface area contributed by atoms with Crippen LogP contribution in [0.2, 0.25) is 0 Å². The molecular formula is C22H28N6O3. The number of benzene rings is 1. The Kier molecular flexibility index (Phi) is 5.75. The van der Waals surface area contributed by atoms with E-state index in [1.54, 1.807) is 22.9 Å². The van der Waals surface area contributed by atoms with Gasteiger partial charge in [-0.2, -0.15) is 4.68 Å². The topological polar surface area (TPSA) is 95.3 Å². The highest BCUT2D eigenvalue weighted by atomic mass is 16.6. The molecular weight excluding hydrogens is 396 g/mol. The highest BCUT2D eigenvalue weighted by Gasteiger charge is 2.28. The van der Waals surface area contributed by atoms with Crippen molar-refractivity contribution in [2.24, 2.45) is 5.92 Å². The maximum Gasteiger partial charge on any atom is 0.410 e. The van der Waals surface area contributed by atoms with Crippen LogP contribution >= 0.6 is 0 Å². The largest absolute Gasteiger partial charge is 0.497 e. The number of fused-ring (bicyclic) bond motifs is 1. The predicted molar refractivity (Wildman–Crippen MR) is 115 cm³/mol. The number of ether oxygens (including phenoxy) is 2. The minimum atomic E-state index is -0.495. The van der Waals surface area contributed by atoms with Gasteiger partial charge in [-0.25, -0.2) is 14.8 Å². The van der Waals surface area contributed by atoms with E-state index in [4.69, 9.17) is 14.5 Å². The summed E-state index contributed by atoms with van der Waals surface area (Å²) < 4.78 is 12.5. The number of carbonyl (C=O) groups is 1. The molecule has 1 saturated heterocycles. The summed E-state index contributed by atoms with van der Waals surface area (Å²) in [5.74, 6) is 1.78. The molecule has 1 fully saturated rings. The molecule has 0 aliphatic carbocycles. The van der Waals surface area contributed by atoms with Crippen molar-refractivity contribution in [3.8, 4) is 11.4 Å². The molecule has 0 bridgehead atoms. The van der Waals surface area contributed by atoms with E-state index in [1.165, 1.54) is 0 Å². The van der Waals surface area contributed by atoms with E-state index in [1.807, 2.05) is 45.0 Å². The van der Waals surface area contributed by atoms with Crippen LogP contribution in [0.15, 0.2) is 30.5 Å². The average Bonchev–Trinajstić information content (AvgIpc) is 3.16. The molecule has 31 heavy (non-hydrogen) atoms. The minimum Gasteiger partial charge on any atom is -0.497 e. The highest BCUT2D eigenvalue weighted by molar-refractivity contribution is 5.70. The third kappa shape index (κ3) is 4.92. The van der Waals surface area contributed by atoms with Crippen LogP contribution < -0.4 is 4.74 Å². The molecule has 9 nitrogen and oxygen atoms in total. The van der Waals surface area contributed by atoms with Crippen LogP contribution in [0.4, 0.5) is 4.79 Å². The number of aromatic nitrogens is 5. The van der Waals surface area contributed by atoms with Gasteiger partial charge in [-0.3, -0.25) is 0 Å². The highest BCUT2D eigenvalue weighted by Crippen LogP contribution is 2.23. The van der Waals surface area contributed by atoms with Gasteiger partial charge in [0.25, 0.3) is 0 Å². The van der Waals surface area contributed by atoms with Crippen molar-refractivity contribution >= 4 is 17.3 Å². The Labute approximate surface area is 181 Å². The second-order valence-corrected chi connectivity index (χ2v) is 8.83. The van der Waals surface area contributed by atoms with Gasteiger partial charge >= 0.3 is 6.09 Å². The molecule has 1 atom stereocenters. The molecule has 1 aromatic carbocycles. The number of piperidine rings is 1. The number of hydrogen-bond donors (Lipinski definition) is 0. The van der Waals surface area contributed by atoms with Crippen molar-refractivity contribution in [3.63, 3.8) is 0 Å². The summed E-state index contributed by atoms with van der Waals surface area (Å²) in [6, 6.07) is 7.57. The Morgan fingerprint density at radius 1 is 1.23 bits per heavy atom. The molecule has 0 radical (unpaired) electrons. The third-order valence-corrected chi connectivity index (χ3v) is 5.20. The van der Waals surface area contributed by atoms with Crippen LogP contribution in [-0.4, -0.2) is 61.8 Å². The van der Waals surface area contributed by atoms with Crippen molar-refractivity contribution in [3.05, 3.63) is 36.3 Å². The number of likely N-dealkylation sites (tertiary alicyclic amines) is 1. The van der Waals surface area contributed by atoms with Crippen molar-refractivity contribution in [1.82, 2.24) is 29.9 Å². The zero-order valence-electron chi connectivity index (χ0n) is 18.4. The lowest BCUT2D eigenvalue weighted by Gasteiger charge is -2.33. The van der Waals surface area contributed by atoms with Gasteiger partial charge < -0.3 is 14.4 Å². The smallest absolute Gasteiger partial charge is 0.410 e. The van der Waals surface area contributed by atoms with Crippen LogP contribution in [0, 0.1) is 5.92 Å². The van der Waals surface area contributed by atoms with Gasteiger partial charge in [-0.1, -0.05) is 5.21 Å². The van der Waals surface area contributed by atoms with E-state index in [0.717, 1.165) is 36.6 Å². The second kappa shape index (κ2) is 8.49. The molecule has 1 aliphatic heterocycles. The SMILES string of the molecule is COc1ccc(-n2nnc3cnc(C[C@@H]4CCCN(C(=O)OC(C)(C)C)C4)nc32)cc1. The maximum absolute atomic E-state index is 12.4. The van der Waals surface area contributed by atoms with Gasteiger partial charge in [0.1, 0.15) is 17.2 Å². The molecule has 2 aromatic heterocycles. The number of carbonyl (C=O) groups excluding carboxylic acids is 1. The molecule has 3 aromatic rings. The Morgan fingerprint density at radius 3 is 2.71 bits per heavy atom. The van der Waals surface area contributed by atoms with Gasteiger partial charge in [0, 0.05) is 19.5 Å². The third-order valence-electron chi connectivity index (χ3n) is 5.20. The number of amides is 1. The summed E-state index contributed by atoms with van der Waals surface area (Å²) in [6.07, 6.45) is 4.10. The molecule has 9 heteroatoms. The first-order chi connectivity index (χ1) is 14.8. The molecule has 0 saturated carbocycles. The number of rotatable bonds is 4. The van der Waals surface area contributed by atoms with Crippen molar-refractivity contribution < 1.29 is 14.3 Å². The molecule has 0 spiro atoms. The molecule has 1 amide bonds. The molecule has 0 unspecified atom stereocenters. The van der Waals surface area contributed by atoms with E-state index in [-0.39, 0.29) is 12.0 Å². The van der Waals surface area contributed by atoms with Crippen LogP contribution in [0.1, 0.15) is 39.4 Å². The van der Waals surface area contributed by atoms with Gasteiger partial charge in [-0.05, 0) is 63.8 Å². The summed E-state index contributed by atoms with van der Waals surface area (Å²) in [7, 11) is 1.63. The second-order valence-electron chi connectivity index (χ2n) is 8.83. The summed E-state index contributed by atoms with van der Waals surface area (Å²) in [5, 5.41) is 8.41. The lowest BCUT2D eigenvalue weighted by Crippen LogP contribution is -2.43. The average molecular weight is 425 g/mol.